The van der Waals surface area contributed by atoms with Crippen LogP contribution in [0.1, 0.15) is 245 Å². The van der Waals surface area contributed by atoms with E-state index in [0.717, 1.165) is 148 Å². The minimum absolute atomic E-state index is 0.0425. The molecule has 0 fully saturated rings. The molecule has 0 N–H and O–H groups in total. The SMILES string of the molecule is CC/C=C\C/C=C\C/C=C\C/C=C\C/C=C\C/C=C\C/C=C\C/C=C\CCCCCCCCC(=O)OC(COC(=O)CCCCCCCCCCCCCCC/C=C\C/C=C\C/C=C\C/C=C\C/C=C\CC)COP(=O)([O-])OCC[N+](C)(C)C. The molecule has 0 aliphatic carbocycles. The summed E-state index contributed by atoms with van der Waals surface area (Å²) in [5.41, 5.74) is 0. The van der Waals surface area contributed by atoms with E-state index in [2.05, 4.69) is 172 Å². The summed E-state index contributed by atoms with van der Waals surface area (Å²) in [5.74, 6) is -0.860. The van der Waals surface area contributed by atoms with Gasteiger partial charge in [-0.3, -0.25) is 14.2 Å². The summed E-state index contributed by atoms with van der Waals surface area (Å²) in [4.78, 5) is 38.0. The fourth-order valence-corrected chi connectivity index (χ4v) is 9.25. The molecule has 0 saturated carbocycles. The molecule has 0 aliphatic heterocycles. The Labute approximate surface area is 516 Å². The second-order valence-electron chi connectivity index (χ2n) is 22.7. The summed E-state index contributed by atoms with van der Waals surface area (Å²) < 4.78 is 34.3. The van der Waals surface area contributed by atoms with E-state index in [4.69, 9.17) is 18.5 Å². The van der Waals surface area contributed by atoms with Crippen molar-refractivity contribution in [3.05, 3.63) is 158 Å². The van der Waals surface area contributed by atoms with Gasteiger partial charge in [0.15, 0.2) is 6.10 Å². The normalized spacial score (nSPS) is 14.2. The number of rotatable bonds is 59. The third-order valence-electron chi connectivity index (χ3n) is 13.5. The Morgan fingerprint density at radius 2 is 0.643 bits per heavy atom. The van der Waals surface area contributed by atoms with E-state index in [9.17, 15) is 19.0 Å². The number of carbonyl (C=O) groups excluding carboxylic acids is 2. The van der Waals surface area contributed by atoms with Crippen molar-refractivity contribution in [2.24, 2.45) is 0 Å². The van der Waals surface area contributed by atoms with Gasteiger partial charge < -0.3 is 27.9 Å². The fourth-order valence-electron chi connectivity index (χ4n) is 8.52. The molecule has 0 aromatic rings. The topological polar surface area (TPSA) is 111 Å². The molecule has 0 aromatic heterocycles. The Bertz CT molecular complexity index is 1970. The number of unbranched alkanes of at least 4 members (excludes halogenated alkanes) is 19. The minimum Gasteiger partial charge on any atom is -0.756 e. The molecule has 0 spiro atoms. The van der Waals surface area contributed by atoms with Gasteiger partial charge in [-0.2, -0.15) is 0 Å². The molecule has 0 radical (unpaired) electrons. The van der Waals surface area contributed by atoms with Crippen molar-refractivity contribution in [3.63, 3.8) is 0 Å². The van der Waals surface area contributed by atoms with Gasteiger partial charge in [0.25, 0.3) is 7.82 Å². The number of allylic oxidation sites excluding steroid dienone is 26. The van der Waals surface area contributed by atoms with E-state index in [-0.39, 0.29) is 26.1 Å². The first-order valence-electron chi connectivity index (χ1n) is 33.2. The molecular formula is C74H122NO8P. The maximum atomic E-state index is 12.8. The average molecular weight is 1180 g/mol. The van der Waals surface area contributed by atoms with E-state index < -0.39 is 32.5 Å². The first-order valence-corrected chi connectivity index (χ1v) is 34.7. The molecule has 0 rings (SSSR count). The number of likely N-dealkylation sites (N-methyl/N-ethyl adjacent to an activating group) is 1. The predicted molar refractivity (Wildman–Crippen MR) is 360 cm³/mol. The summed E-state index contributed by atoms with van der Waals surface area (Å²) in [6, 6.07) is 0. The van der Waals surface area contributed by atoms with Crippen LogP contribution in [0.3, 0.4) is 0 Å². The summed E-state index contributed by atoms with van der Waals surface area (Å²) in [5, 5.41) is 0. The quantitative estimate of drug-likeness (QED) is 0.0195. The van der Waals surface area contributed by atoms with Crippen molar-refractivity contribution in [2.75, 3.05) is 47.5 Å². The van der Waals surface area contributed by atoms with Crippen molar-refractivity contribution in [1.82, 2.24) is 0 Å². The Morgan fingerprint density at radius 1 is 0.369 bits per heavy atom. The molecular weight excluding hydrogens is 1060 g/mol. The Hall–Kier alpha value is -4.37. The van der Waals surface area contributed by atoms with Crippen LogP contribution in [0.5, 0.6) is 0 Å². The molecule has 84 heavy (non-hydrogen) atoms. The second-order valence-corrected chi connectivity index (χ2v) is 24.1. The van der Waals surface area contributed by atoms with E-state index in [1.807, 2.05) is 21.1 Å². The molecule has 2 atom stereocenters. The monoisotopic (exact) mass is 1180 g/mol. The van der Waals surface area contributed by atoms with Crippen molar-refractivity contribution in [1.29, 1.82) is 0 Å². The highest BCUT2D eigenvalue weighted by molar-refractivity contribution is 7.45. The highest BCUT2D eigenvalue weighted by Crippen LogP contribution is 2.38. The standard InChI is InChI=1S/C74H122NO8P/c1-6-8-10-12-14-16-18-20-22-24-26-28-30-32-34-36-37-39-41-43-45-47-49-51-53-55-57-59-61-63-65-67-74(77)83-72(71-82-84(78,79)81-69-68-75(3,4)5)70-80-73(76)66-64-62-60-58-56-54-52-50-48-46-44-42-40-38-35-33-31-29-27-25-23-21-19-17-15-13-11-9-7-2/h8-11,14-17,20-23,26-29,32-35,37,39,43,45,49,51,72H,6-7,12-13,18-19,24-25,30-31,36,38,40-42,44,46-48,50,52-71H2,1-5H3/b10-8-,11-9-,16-14-,17-15-,22-20-,23-21-,28-26-,29-27-,34-32-,35-33-,39-37-,45-43-,51-49-. The number of hydrogen-bond acceptors (Lipinski definition) is 8. The smallest absolute Gasteiger partial charge is 0.306 e. The minimum atomic E-state index is -4.66. The van der Waals surface area contributed by atoms with Crippen LogP contribution in [0.4, 0.5) is 0 Å². The molecule has 476 valence electrons. The molecule has 0 saturated heterocycles. The second kappa shape index (κ2) is 63.1. The van der Waals surface area contributed by atoms with Crippen molar-refractivity contribution >= 4 is 19.8 Å². The zero-order valence-corrected chi connectivity index (χ0v) is 54.9. The maximum Gasteiger partial charge on any atom is 0.306 e. The van der Waals surface area contributed by atoms with Gasteiger partial charge in [-0.25, -0.2) is 0 Å². The first-order chi connectivity index (χ1) is 41.0. The summed E-state index contributed by atoms with van der Waals surface area (Å²) in [6.07, 6.45) is 94.4. The number of phosphoric acid groups is 1. The van der Waals surface area contributed by atoms with Crippen molar-refractivity contribution < 1.29 is 42.1 Å². The Kier molecular flexibility index (Phi) is 59.9. The van der Waals surface area contributed by atoms with Gasteiger partial charge >= 0.3 is 11.9 Å². The van der Waals surface area contributed by atoms with E-state index in [1.54, 1.807) is 0 Å². The number of hydrogen-bond donors (Lipinski definition) is 0. The molecule has 2 unspecified atom stereocenters. The third-order valence-corrected chi connectivity index (χ3v) is 14.5. The number of nitrogens with zero attached hydrogens (tertiary/aromatic N) is 1. The Morgan fingerprint density at radius 3 is 0.952 bits per heavy atom. The highest BCUT2D eigenvalue weighted by Gasteiger charge is 2.22. The summed E-state index contributed by atoms with van der Waals surface area (Å²) in [7, 11) is 1.13. The van der Waals surface area contributed by atoms with E-state index in [0.29, 0.717) is 17.4 Å². The van der Waals surface area contributed by atoms with Gasteiger partial charge in [0.05, 0.1) is 27.7 Å². The number of ether oxygens (including phenoxy) is 2. The van der Waals surface area contributed by atoms with Crippen LogP contribution in [0.2, 0.25) is 0 Å². The van der Waals surface area contributed by atoms with E-state index in [1.165, 1.54) is 64.2 Å². The predicted octanol–water partition coefficient (Wildman–Crippen LogP) is 21.0. The zero-order chi connectivity index (χ0) is 61.2. The van der Waals surface area contributed by atoms with Gasteiger partial charge in [0.2, 0.25) is 0 Å². The molecule has 0 bridgehead atoms. The molecule has 0 aromatic carbocycles. The maximum absolute atomic E-state index is 12.8. The van der Waals surface area contributed by atoms with Gasteiger partial charge in [-0.1, -0.05) is 268 Å². The van der Waals surface area contributed by atoms with E-state index >= 15 is 0 Å². The lowest BCUT2D eigenvalue weighted by molar-refractivity contribution is -0.870. The largest absolute Gasteiger partial charge is 0.756 e. The lowest BCUT2D eigenvalue weighted by atomic mass is 10.0. The first kappa shape index (κ1) is 79.6. The van der Waals surface area contributed by atoms with Gasteiger partial charge in [-0.15, -0.1) is 0 Å². The molecule has 9 nitrogen and oxygen atoms in total. The number of quaternary nitrogens is 1. The zero-order valence-electron chi connectivity index (χ0n) is 54.0. The van der Waals surface area contributed by atoms with Crippen LogP contribution in [-0.2, 0) is 32.7 Å². The average Bonchev–Trinajstić information content (AvgIpc) is 3.61. The fraction of sp³-hybridized carbons (Fsp3) is 0.622. The van der Waals surface area contributed by atoms with Crippen LogP contribution in [-0.4, -0.2) is 70.0 Å². The van der Waals surface area contributed by atoms with Crippen molar-refractivity contribution in [2.45, 2.75) is 251 Å². The lowest BCUT2D eigenvalue weighted by Crippen LogP contribution is -2.37. The van der Waals surface area contributed by atoms with Crippen LogP contribution in [0, 0.1) is 0 Å². The Balaban J connectivity index is 4.18. The third kappa shape index (κ3) is 66.8. The molecule has 10 heteroatoms. The number of esters is 2. The van der Waals surface area contributed by atoms with Crippen LogP contribution in [0.25, 0.3) is 0 Å². The van der Waals surface area contributed by atoms with Crippen LogP contribution in [0.15, 0.2) is 158 Å². The highest BCUT2D eigenvalue weighted by atomic mass is 31.2. The van der Waals surface area contributed by atoms with Crippen molar-refractivity contribution in [3.8, 4) is 0 Å². The van der Waals surface area contributed by atoms with Crippen LogP contribution < -0.4 is 4.89 Å². The molecule has 0 heterocycles. The summed E-state index contributed by atoms with van der Waals surface area (Å²) in [6.45, 7) is 3.98. The van der Waals surface area contributed by atoms with Gasteiger partial charge in [-0.05, 0) is 122 Å². The molecule has 0 amide bonds. The van der Waals surface area contributed by atoms with Crippen LogP contribution >= 0.6 is 7.82 Å². The van der Waals surface area contributed by atoms with Gasteiger partial charge in [0, 0.05) is 12.8 Å². The summed E-state index contributed by atoms with van der Waals surface area (Å²) >= 11 is 0. The lowest BCUT2D eigenvalue weighted by Gasteiger charge is -2.28. The number of carbonyl (C=O) groups is 2. The van der Waals surface area contributed by atoms with Gasteiger partial charge in [0.1, 0.15) is 19.8 Å². The number of phosphoric ester groups is 1. The molecule has 0 aliphatic rings.